The van der Waals surface area contributed by atoms with Crippen molar-refractivity contribution in [3.8, 4) is 0 Å². The van der Waals surface area contributed by atoms with E-state index >= 15 is 0 Å². The van der Waals surface area contributed by atoms with Gasteiger partial charge in [0.15, 0.2) is 0 Å². The van der Waals surface area contributed by atoms with Gasteiger partial charge in [-0.2, -0.15) is 0 Å². The van der Waals surface area contributed by atoms with Gasteiger partial charge in [-0.3, -0.25) is 9.59 Å². The van der Waals surface area contributed by atoms with E-state index in [1.807, 2.05) is 0 Å². The summed E-state index contributed by atoms with van der Waals surface area (Å²) in [5.74, 6) is -1.52. The molecule has 0 aliphatic rings. The number of amides is 2. The summed E-state index contributed by atoms with van der Waals surface area (Å²) in [6.07, 6.45) is -1.33. The average molecular weight is 392 g/mol. The number of aliphatic carboxylic acids is 1. The molecule has 0 aliphatic carbocycles. The molecule has 0 radical (unpaired) electrons. The van der Waals surface area contributed by atoms with Crippen LogP contribution in [-0.2, 0) is 28.5 Å². The van der Waals surface area contributed by atoms with Crippen LogP contribution in [0.15, 0.2) is 0 Å². The maximum absolute atomic E-state index is 11.9. The third-order valence-corrected chi connectivity index (χ3v) is 2.95. The lowest BCUT2D eigenvalue weighted by molar-refractivity contribution is -0.137. The number of ether oxygens (including phenoxy) is 4. The SMILES string of the molecule is COCCOCCOCCNC(=O)CC(CC(=O)O)NC(=O)OC(C)(C)C. The Labute approximate surface area is 159 Å². The van der Waals surface area contributed by atoms with E-state index in [9.17, 15) is 14.4 Å². The number of nitrogens with one attached hydrogen (secondary N) is 2. The highest BCUT2D eigenvalue weighted by Gasteiger charge is 2.23. The lowest BCUT2D eigenvalue weighted by atomic mass is 10.1. The Morgan fingerprint density at radius 2 is 1.56 bits per heavy atom. The van der Waals surface area contributed by atoms with Gasteiger partial charge in [-0.05, 0) is 20.8 Å². The minimum Gasteiger partial charge on any atom is -0.481 e. The van der Waals surface area contributed by atoms with Gasteiger partial charge < -0.3 is 34.7 Å². The highest BCUT2D eigenvalue weighted by atomic mass is 16.6. The van der Waals surface area contributed by atoms with Gasteiger partial charge >= 0.3 is 12.1 Å². The second-order valence-corrected chi connectivity index (χ2v) is 6.71. The van der Waals surface area contributed by atoms with Crippen molar-refractivity contribution in [1.82, 2.24) is 10.6 Å². The second kappa shape index (κ2) is 14.2. The molecule has 2 amide bonds. The molecule has 0 aliphatic heterocycles. The summed E-state index contributed by atoms with van der Waals surface area (Å²) in [5, 5.41) is 13.9. The van der Waals surface area contributed by atoms with Gasteiger partial charge in [0.1, 0.15) is 5.60 Å². The normalized spacial score (nSPS) is 12.3. The summed E-state index contributed by atoms with van der Waals surface area (Å²) in [5.41, 5.74) is -0.718. The van der Waals surface area contributed by atoms with E-state index in [2.05, 4.69) is 10.6 Å². The minimum absolute atomic E-state index is 0.175. The van der Waals surface area contributed by atoms with Crippen LogP contribution in [0, 0.1) is 0 Å². The van der Waals surface area contributed by atoms with E-state index in [1.165, 1.54) is 0 Å². The Kier molecular flexibility index (Phi) is 13.2. The van der Waals surface area contributed by atoms with Gasteiger partial charge in [-0.1, -0.05) is 0 Å². The van der Waals surface area contributed by atoms with Crippen molar-refractivity contribution in [1.29, 1.82) is 0 Å². The molecule has 0 bridgehead atoms. The lowest BCUT2D eigenvalue weighted by Crippen LogP contribution is -2.43. The fourth-order valence-electron chi connectivity index (χ4n) is 1.88. The topological polar surface area (TPSA) is 132 Å². The molecule has 0 saturated carbocycles. The predicted molar refractivity (Wildman–Crippen MR) is 96.6 cm³/mol. The Hall–Kier alpha value is -1.91. The average Bonchev–Trinajstić information content (AvgIpc) is 2.50. The van der Waals surface area contributed by atoms with E-state index in [-0.39, 0.29) is 19.4 Å². The van der Waals surface area contributed by atoms with Crippen LogP contribution in [0.5, 0.6) is 0 Å². The summed E-state index contributed by atoms with van der Waals surface area (Å²) >= 11 is 0. The van der Waals surface area contributed by atoms with Crippen LogP contribution in [0.3, 0.4) is 0 Å². The predicted octanol–water partition coefficient (Wildman–Crippen LogP) is 0.540. The van der Waals surface area contributed by atoms with Crippen molar-refractivity contribution >= 4 is 18.0 Å². The summed E-state index contributed by atoms with van der Waals surface area (Å²) in [6.45, 7) is 7.46. The van der Waals surface area contributed by atoms with Gasteiger partial charge in [-0.25, -0.2) is 4.79 Å². The van der Waals surface area contributed by atoms with Crippen molar-refractivity contribution < 1.29 is 38.4 Å². The first kappa shape index (κ1) is 25.1. The molecule has 0 fully saturated rings. The van der Waals surface area contributed by atoms with E-state index in [1.54, 1.807) is 27.9 Å². The van der Waals surface area contributed by atoms with Gasteiger partial charge in [-0.15, -0.1) is 0 Å². The van der Waals surface area contributed by atoms with Gasteiger partial charge in [0, 0.05) is 20.1 Å². The Morgan fingerprint density at radius 3 is 2.11 bits per heavy atom. The molecule has 0 aromatic rings. The number of rotatable bonds is 14. The number of hydrogen-bond donors (Lipinski definition) is 3. The van der Waals surface area contributed by atoms with Gasteiger partial charge in [0.2, 0.25) is 5.91 Å². The monoisotopic (exact) mass is 392 g/mol. The molecule has 1 unspecified atom stereocenters. The molecule has 27 heavy (non-hydrogen) atoms. The summed E-state index contributed by atoms with van der Waals surface area (Å²) < 4.78 is 20.4. The van der Waals surface area contributed by atoms with Crippen LogP contribution < -0.4 is 10.6 Å². The zero-order valence-electron chi connectivity index (χ0n) is 16.5. The van der Waals surface area contributed by atoms with Gasteiger partial charge in [0.05, 0.1) is 45.5 Å². The largest absolute Gasteiger partial charge is 0.481 e. The number of alkyl carbamates (subject to hydrolysis) is 1. The summed E-state index contributed by atoms with van der Waals surface area (Å²) in [6, 6.07) is -0.868. The van der Waals surface area contributed by atoms with E-state index in [0.29, 0.717) is 33.0 Å². The smallest absolute Gasteiger partial charge is 0.407 e. The highest BCUT2D eigenvalue weighted by Crippen LogP contribution is 2.08. The van der Waals surface area contributed by atoms with Crippen LogP contribution in [0.4, 0.5) is 4.79 Å². The maximum atomic E-state index is 11.9. The van der Waals surface area contributed by atoms with E-state index in [4.69, 9.17) is 24.1 Å². The molecule has 3 N–H and O–H groups in total. The van der Waals surface area contributed by atoms with Crippen molar-refractivity contribution in [2.24, 2.45) is 0 Å². The molecule has 0 rings (SSSR count). The van der Waals surface area contributed by atoms with Crippen molar-refractivity contribution in [2.45, 2.75) is 45.3 Å². The molecule has 10 heteroatoms. The molecule has 0 aromatic heterocycles. The second-order valence-electron chi connectivity index (χ2n) is 6.71. The Bertz CT molecular complexity index is 451. The molecular weight excluding hydrogens is 360 g/mol. The summed E-state index contributed by atoms with van der Waals surface area (Å²) in [4.78, 5) is 34.6. The molecular formula is C17H32N2O8. The number of methoxy groups -OCH3 is 1. The Morgan fingerprint density at radius 1 is 0.963 bits per heavy atom. The number of carbonyl (C=O) groups is 3. The number of carboxylic acids is 1. The van der Waals surface area contributed by atoms with Crippen molar-refractivity contribution in [3.05, 3.63) is 0 Å². The van der Waals surface area contributed by atoms with Crippen molar-refractivity contribution in [2.75, 3.05) is 46.7 Å². The van der Waals surface area contributed by atoms with Crippen LogP contribution in [0.1, 0.15) is 33.6 Å². The molecule has 1 atom stereocenters. The van der Waals surface area contributed by atoms with Crippen LogP contribution in [0.25, 0.3) is 0 Å². The first-order valence-electron chi connectivity index (χ1n) is 8.76. The third kappa shape index (κ3) is 17.3. The Balaban J connectivity index is 4.05. The molecule has 158 valence electrons. The summed E-state index contributed by atoms with van der Waals surface area (Å²) in [7, 11) is 1.59. The fraction of sp³-hybridized carbons (Fsp3) is 0.824. The van der Waals surface area contributed by atoms with Crippen LogP contribution in [-0.4, -0.2) is 81.4 Å². The molecule has 10 nitrogen and oxygen atoms in total. The lowest BCUT2D eigenvalue weighted by Gasteiger charge is -2.22. The molecule has 0 heterocycles. The first-order valence-corrected chi connectivity index (χ1v) is 8.76. The third-order valence-electron chi connectivity index (χ3n) is 2.95. The molecule has 0 aromatic carbocycles. The minimum atomic E-state index is -1.12. The van der Waals surface area contributed by atoms with Crippen LogP contribution >= 0.6 is 0 Å². The maximum Gasteiger partial charge on any atom is 0.407 e. The molecule has 0 spiro atoms. The fourth-order valence-corrected chi connectivity index (χ4v) is 1.88. The van der Waals surface area contributed by atoms with E-state index in [0.717, 1.165) is 0 Å². The number of carboxylic acid groups (broad SMARTS) is 1. The highest BCUT2D eigenvalue weighted by molar-refractivity contribution is 5.79. The quantitative estimate of drug-likeness (QED) is 0.365. The zero-order valence-corrected chi connectivity index (χ0v) is 16.5. The van der Waals surface area contributed by atoms with Gasteiger partial charge in [0.25, 0.3) is 0 Å². The van der Waals surface area contributed by atoms with Crippen LogP contribution in [0.2, 0.25) is 0 Å². The molecule has 0 saturated heterocycles. The number of hydrogen-bond acceptors (Lipinski definition) is 7. The number of carbonyl (C=O) groups excluding carboxylic acids is 2. The van der Waals surface area contributed by atoms with Crippen molar-refractivity contribution in [3.63, 3.8) is 0 Å². The van der Waals surface area contributed by atoms with E-state index < -0.39 is 29.6 Å². The first-order chi connectivity index (χ1) is 12.6. The standard InChI is InChI=1S/C17H32N2O8/c1-17(2,3)27-16(23)19-13(12-15(21)22)11-14(20)18-5-6-25-9-10-26-8-7-24-4/h13H,5-12H2,1-4H3,(H,18,20)(H,19,23)(H,21,22). The zero-order chi connectivity index (χ0) is 20.7.